The van der Waals surface area contributed by atoms with Crippen LogP contribution in [0.4, 0.5) is 16.0 Å². The highest BCUT2D eigenvalue weighted by Gasteiger charge is 2.31. The summed E-state index contributed by atoms with van der Waals surface area (Å²) in [6, 6.07) is 3.47. The van der Waals surface area contributed by atoms with Crippen LogP contribution in [0, 0.1) is 5.82 Å². The molecule has 5 rings (SSSR count). The van der Waals surface area contributed by atoms with Gasteiger partial charge in [-0.05, 0) is 49.8 Å². The summed E-state index contributed by atoms with van der Waals surface area (Å²) >= 11 is 0. The molecule has 0 radical (unpaired) electrons. The van der Waals surface area contributed by atoms with Crippen LogP contribution in [0.5, 0.6) is 0 Å². The van der Waals surface area contributed by atoms with Crippen molar-refractivity contribution in [2.24, 2.45) is 0 Å². The minimum Gasteiger partial charge on any atom is -0.381 e. The molecule has 3 aromatic rings. The molecule has 5 heterocycles. The quantitative estimate of drug-likeness (QED) is 0.605. The highest BCUT2D eigenvalue weighted by molar-refractivity contribution is 6.04. The molecule has 1 fully saturated rings. The topological polar surface area (TPSA) is 101 Å². The van der Waals surface area contributed by atoms with Crippen molar-refractivity contribution in [2.75, 3.05) is 23.7 Å². The van der Waals surface area contributed by atoms with Crippen LogP contribution in [0.15, 0.2) is 24.5 Å². The number of anilines is 2. The van der Waals surface area contributed by atoms with Gasteiger partial charge in [0.2, 0.25) is 0 Å². The van der Waals surface area contributed by atoms with Crippen molar-refractivity contribution in [1.29, 1.82) is 0 Å². The van der Waals surface area contributed by atoms with E-state index in [9.17, 15) is 9.18 Å². The molecule has 0 aliphatic carbocycles. The molecule has 3 aromatic heterocycles. The normalized spacial score (nSPS) is 19.7. The lowest BCUT2D eigenvalue weighted by atomic mass is 9.99. The zero-order valence-electron chi connectivity index (χ0n) is 15.9. The molecule has 8 nitrogen and oxygen atoms in total. The molecule has 1 atom stereocenters. The number of aromatic nitrogens is 4. The van der Waals surface area contributed by atoms with Crippen molar-refractivity contribution in [1.82, 2.24) is 24.9 Å². The molecular formula is C20H22FN7O. The molecule has 29 heavy (non-hydrogen) atoms. The van der Waals surface area contributed by atoms with Crippen LogP contribution < -0.4 is 16.0 Å². The van der Waals surface area contributed by atoms with Gasteiger partial charge in [-0.1, -0.05) is 0 Å². The van der Waals surface area contributed by atoms with Crippen molar-refractivity contribution in [2.45, 2.75) is 38.1 Å². The highest BCUT2D eigenvalue weighted by atomic mass is 19.1. The SMILES string of the molecule is Nc1nn2ccc3nc2c1C(=O)NCCCCc1ncc(F)cc1C1CCCN31. The Balaban J connectivity index is 1.67. The first kappa shape index (κ1) is 17.8. The van der Waals surface area contributed by atoms with Crippen molar-refractivity contribution < 1.29 is 9.18 Å². The number of rotatable bonds is 0. The van der Waals surface area contributed by atoms with Gasteiger partial charge < -0.3 is 16.0 Å². The van der Waals surface area contributed by atoms with Crippen LogP contribution in [0.1, 0.15) is 53.3 Å². The molecule has 2 aliphatic heterocycles. The lowest BCUT2D eigenvalue weighted by molar-refractivity contribution is 0.0955. The van der Waals surface area contributed by atoms with Crippen LogP contribution in [-0.2, 0) is 6.42 Å². The number of hydrogen-bond donors (Lipinski definition) is 2. The third kappa shape index (κ3) is 3.06. The number of halogens is 1. The fourth-order valence-corrected chi connectivity index (χ4v) is 4.37. The van der Waals surface area contributed by atoms with Crippen molar-refractivity contribution in [3.05, 3.63) is 47.2 Å². The van der Waals surface area contributed by atoms with Gasteiger partial charge in [-0.2, -0.15) is 0 Å². The lowest BCUT2D eigenvalue weighted by Crippen LogP contribution is -2.27. The largest absolute Gasteiger partial charge is 0.381 e. The number of aryl methyl sites for hydroxylation is 1. The van der Waals surface area contributed by atoms with Gasteiger partial charge in [0.25, 0.3) is 5.91 Å². The molecule has 150 valence electrons. The number of pyridine rings is 1. The fraction of sp³-hybridized carbons (Fsp3) is 0.400. The predicted molar refractivity (Wildman–Crippen MR) is 106 cm³/mol. The third-order valence-corrected chi connectivity index (χ3v) is 5.73. The summed E-state index contributed by atoms with van der Waals surface area (Å²) in [5.41, 5.74) is 8.59. The van der Waals surface area contributed by atoms with Gasteiger partial charge in [0.05, 0.1) is 12.2 Å². The second-order valence-electron chi connectivity index (χ2n) is 7.57. The first-order valence-electron chi connectivity index (χ1n) is 9.96. The second kappa shape index (κ2) is 6.98. The Morgan fingerprint density at radius 3 is 3.07 bits per heavy atom. The van der Waals surface area contributed by atoms with Crippen LogP contribution in [0.2, 0.25) is 0 Å². The van der Waals surface area contributed by atoms with E-state index in [0.29, 0.717) is 17.8 Å². The number of carbonyl (C=O) groups excluding carboxylic acids is 1. The van der Waals surface area contributed by atoms with E-state index in [2.05, 4.69) is 20.3 Å². The third-order valence-electron chi connectivity index (χ3n) is 5.73. The van der Waals surface area contributed by atoms with E-state index < -0.39 is 0 Å². The van der Waals surface area contributed by atoms with Gasteiger partial charge in [-0.15, -0.1) is 5.10 Å². The van der Waals surface area contributed by atoms with E-state index in [4.69, 9.17) is 10.7 Å². The van der Waals surface area contributed by atoms with Gasteiger partial charge in [-0.25, -0.2) is 13.9 Å². The standard InChI is InChI=1S/C20H22FN7O/c21-12-10-13-14(24-11-12)4-1-2-7-23-20(29)17-18(22)26-28-9-6-16(25-19(17)28)27-8-3-5-15(13)27/h6,9-11,15H,1-5,7-8H2,(H2,22,26)(H,23,29). The number of nitrogens with zero attached hydrogens (tertiary/aromatic N) is 5. The molecule has 3 N–H and O–H groups in total. The summed E-state index contributed by atoms with van der Waals surface area (Å²) in [6.45, 7) is 1.32. The van der Waals surface area contributed by atoms with Gasteiger partial charge in [0.15, 0.2) is 11.5 Å². The molecule has 9 heteroatoms. The fourth-order valence-electron chi connectivity index (χ4n) is 4.37. The Morgan fingerprint density at radius 1 is 1.28 bits per heavy atom. The van der Waals surface area contributed by atoms with Gasteiger partial charge >= 0.3 is 0 Å². The summed E-state index contributed by atoms with van der Waals surface area (Å²) in [5, 5.41) is 7.13. The summed E-state index contributed by atoms with van der Waals surface area (Å²) in [7, 11) is 0. The average molecular weight is 395 g/mol. The first-order valence-corrected chi connectivity index (χ1v) is 9.96. The van der Waals surface area contributed by atoms with Crippen molar-refractivity contribution >= 4 is 23.2 Å². The summed E-state index contributed by atoms with van der Waals surface area (Å²) < 4.78 is 15.6. The lowest BCUT2D eigenvalue weighted by Gasteiger charge is -2.27. The van der Waals surface area contributed by atoms with Crippen LogP contribution in [-0.4, -0.2) is 38.6 Å². The van der Waals surface area contributed by atoms with E-state index in [1.807, 2.05) is 6.07 Å². The number of nitrogen functional groups attached to an aromatic ring is 1. The average Bonchev–Trinajstić information content (AvgIpc) is 3.31. The molecule has 0 saturated carbocycles. The zero-order valence-corrected chi connectivity index (χ0v) is 15.9. The summed E-state index contributed by atoms with van der Waals surface area (Å²) in [5.74, 6) is 0.297. The first-order chi connectivity index (χ1) is 14.1. The van der Waals surface area contributed by atoms with Crippen LogP contribution >= 0.6 is 0 Å². The minimum atomic E-state index is -0.321. The van der Waals surface area contributed by atoms with Crippen molar-refractivity contribution in [3.63, 3.8) is 0 Å². The molecular weight excluding hydrogens is 373 g/mol. The molecule has 1 amide bonds. The maximum Gasteiger partial charge on any atom is 0.258 e. The van der Waals surface area contributed by atoms with Crippen molar-refractivity contribution in [3.8, 4) is 0 Å². The Labute approximate surface area is 166 Å². The number of nitrogens with one attached hydrogen (secondary N) is 1. The van der Waals surface area contributed by atoms with E-state index in [-0.39, 0.29) is 23.6 Å². The number of carbonyl (C=O) groups is 1. The molecule has 1 unspecified atom stereocenters. The Bertz CT molecular complexity index is 1100. The summed E-state index contributed by atoms with van der Waals surface area (Å²) in [4.78, 5) is 24.0. The maximum absolute atomic E-state index is 14.1. The second-order valence-corrected chi connectivity index (χ2v) is 7.57. The van der Waals surface area contributed by atoms with E-state index in [1.54, 1.807) is 12.3 Å². The number of nitrogens with two attached hydrogens (primary N) is 1. The zero-order chi connectivity index (χ0) is 20.0. The van der Waals surface area contributed by atoms with Gasteiger partial charge in [-0.3, -0.25) is 9.78 Å². The molecule has 2 bridgehead atoms. The molecule has 0 aromatic carbocycles. The number of fused-ring (bicyclic) bond motifs is 5. The predicted octanol–water partition coefficient (Wildman–Crippen LogP) is 2.25. The minimum absolute atomic E-state index is 0.00337. The maximum atomic E-state index is 14.1. The number of amides is 1. The molecule has 0 spiro atoms. The Morgan fingerprint density at radius 2 is 2.17 bits per heavy atom. The van der Waals surface area contributed by atoms with E-state index >= 15 is 0 Å². The van der Waals surface area contributed by atoms with Gasteiger partial charge in [0.1, 0.15) is 17.2 Å². The smallest absolute Gasteiger partial charge is 0.258 e. The van der Waals surface area contributed by atoms with Crippen LogP contribution in [0.3, 0.4) is 0 Å². The molecule has 2 aliphatic rings. The van der Waals surface area contributed by atoms with E-state index in [1.165, 1.54) is 10.7 Å². The summed E-state index contributed by atoms with van der Waals surface area (Å²) in [6.07, 6.45) is 7.30. The Kier molecular flexibility index (Phi) is 4.30. The van der Waals surface area contributed by atoms with E-state index in [0.717, 1.165) is 55.7 Å². The number of hydrogen-bond acceptors (Lipinski definition) is 6. The Hall–Kier alpha value is -3.23. The van der Waals surface area contributed by atoms with Gasteiger partial charge in [0, 0.05) is 25.0 Å². The van der Waals surface area contributed by atoms with Crippen LogP contribution in [0.25, 0.3) is 5.65 Å². The monoisotopic (exact) mass is 395 g/mol. The molecule has 1 saturated heterocycles. The highest BCUT2D eigenvalue weighted by Crippen LogP contribution is 2.37.